The fraction of sp³-hybridized carbons (Fsp3) is 0.759. The largest absolute Gasteiger partial charge is 0.477 e. The topological polar surface area (TPSA) is 169 Å². The Morgan fingerprint density at radius 3 is 2.47 bits per heavy atom. The van der Waals surface area contributed by atoms with Crippen LogP contribution in [0.4, 0.5) is 0 Å². The molecule has 2 amide bonds. The summed E-state index contributed by atoms with van der Waals surface area (Å²) in [5.41, 5.74) is 0.0534. The maximum Gasteiger partial charge on any atom is 0.353 e. The van der Waals surface area contributed by atoms with E-state index in [1.54, 1.807) is 0 Å². The molecule has 6 atom stereocenters. The third-order valence-corrected chi connectivity index (χ3v) is 11.5. The Labute approximate surface area is 267 Å². The number of nitrogens with one attached hydrogen (secondary N) is 2. The van der Waals surface area contributed by atoms with Crippen LogP contribution in [0.2, 0.25) is 0 Å². The highest BCUT2D eigenvalue weighted by molar-refractivity contribution is 8.03. The third kappa shape index (κ3) is 6.80. The van der Waals surface area contributed by atoms with E-state index in [9.17, 15) is 24.3 Å². The van der Waals surface area contributed by atoms with Crippen molar-refractivity contribution in [2.45, 2.75) is 50.6 Å². The Balaban J connectivity index is 1.00. The van der Waals surface area contributed by atoms with Crippen molar-refractivity contribution in [1.29, 1.82) is 0 Å². The first kappa shape index (κ1) is 32.0. The fourth-order valence-corrected chi connectivity index (χ4v) is 9.02. The summed E-state index contributed by atoms with van der Waals surface area (Å²) in [7, 11) is 0. The van der Waals surface area contributed by atoms with Crippen LogP contribution in [-0.2, 0) is 25.7 Å². The van der Waals surface area contributed by atoms with Gasteiger partial charge in [0.25, 0.3) is 0 Å². The number of carbonyl (C=O) groups excluding carboxylic acids is 3. The lowest BCUT2D eigenvalue weighted by Gasteiger charge is -2.47. The summed E-state index contributed by atoms with van der Waals surface area (Å²) in [6.07, 6.45) is 2.16. The van der Waals surface area contributed by atoms with Crippen molar-refractivity contribution in [3.63, 3.8) is 0 Å². The van der Waals surface area contributed by atoms with Gasteiger partial charge in [0.1, 0.15) is 18.6 Å². The van der Waals surface area contributed by atoms with Crippen molar-refractivity contribution >= 4 is 35.3 Å². The predicted molar refractivity (Wildman–Crippen MR) is 165 cm³/mol. The van der Waals surface area contributed by atoms with Gasteiger partial charge in [-0.1, -0.05) is 13.8 Å². The number of nitrogens with zero attached hydrogens (tertiary/aromatic N) is 8. The van der Waals surface area contributed by atoms with Crippen LogP contribution in [-0.4, -0.2) is 158 Å². The molecular formula is C29H44N10O5S. The quantitative estimate of drug-likeness (QED) is 0.226. The highest BCUT2D eigenvalue weighted by Crippen LogP contribution is 2.53. The Bertz CT molecular complexity index is 1300. The molecule has 45 heavy (non-hydrogen) atoms. The SMILES string of the molecule is C[C@@H](CC(=O)Cn1cnnn1)[C@H]1C(=O)N2C(C(=O)O)=C(S[C@@H]3CN[C@H](C(=O)N4CCN(CCN5CCNCC5)CC4)C3)[C@H](C)[C@H]12. The molecule has 0 radical (unpaired) electrons. The molecule has 0 aliphatic carbocycles. The molecule has 0 aromatic carbocycles. The molecule has 0 unspecified atom stereocenters. The molecule has 3 N–H and O–H groups in total. The molecule has 0 bridgehead atoms. The molecule has 0 spiro atoms. The average molecular weight is 645 g/mol. The van der Waals surface area contributed by atoms with Crippen molar-refractivity contribution in [3.05, 3.63) is 16.9 Å². The predicted octanol–water partition coefficient (Wildman–Crippen LogP) is -1.45. The molecule has 0 saturated carbocycles. The number of carbonyl (C=O) groups is 4. The summed E-state index contributed by atoms with van der Waals surface area (Å²) in [4.78, 5) is 60.8. The number of carboxylic acids is 1. The van der Waals surface area contributed by atoms with Gasteiger partial charge in [-0.05, 0) is 22.8 Å². The first-order valence-electron chi connectivity index (χ1n) is 16.1. The number of aromatic nitrogens is 4. The lowest BCUT2D eigenvalue weighted by Crippen LogP contribution is -2.62. The number of thioether (sulfide) groups is 1. The molecule has 1 aromatic rings. The van der Waals surface area contributed by atoms with E-state index in [1.165, 1.54) is 27.7 Å². The number of aliphatic carboxylic acids is 1. The highest BCUT2D eigenvalue weighted by Gasteiger charge is 2.60. The summed E-state index contributed by atoms with van der Waals surface area (Å²) in [6, 6.07) is -0.588. The number of fused-ring (bicyclic) bond motifs is 1. The van der Waals surface area contributed by atoms with E-state index in [-0.39, 0.29) is 65.4 Å². The first-order valence-corrected chi connectivity index (χ1v) is 17.0. The Kier molecular flexibility index (Phi) is 9.85. The number of β-lactam (4-membered cyclic amide) rings is 1. The standard InChI is InChI=1S/C29H44N10O5S/c1-18(13-20(40)16-38-17-32-33-34-38)23-24-19(2)26(25(29(43)44)39(24)28(23)42)45-21-14-22(31-15-21)27(41)37-11-9-36(10-12-37)8-7-35-5-3-30-4-6-35/h17-19,21-24,30-31H,3-16H2,1-2H3,(H,43,44)/t18-,19+,21-,22-,23+,24+/m0/s1. The summed E-state index contributed by atoms with van der Waals surface area (Å²) in [6.45, 7) is 14.0. The van der Waals surface area contributed by atoms with Crippen LogP contribution in [0.5, 0.6) is 0 Å². The van der Waals surface area contributed by atoms with Crippen LogP contribution >= 0.6 is 11.8 Å². The van der Waals surface area contributed by atoms with Crippen LogP contribution in [0.25, 0.3) is 0 Å². The smallest absolute Gasteiger partial charge is 0.353 e. The van der Waals surface area contributed by atoms with Gasteiger partial charge >= 0.3 is 5.97 Å². The van der Waals surface area contributed by atoms with Gasteiger partial charge in [0.15, 0.2) is 5.78 Å². The average Bonchev–Trinajstić information content (AvgIpc) is 3.77. The number of hydrogen-bond donors (Lipinski definition) is 3. The number of piperazine rings is 2. The molecular weight excluding hydrogens is 600 g/mol. The summed E-state index contributed by atoms with van der Waals surface area (Å²) in [5, 5.41) is 27.8. The first-order chi connectivity index (χ1) is 21.7. The van der Waals surface area contributed by atoms with Crippen molar-refractivity contribution in [2.75, 3.05) is 72.0 Å². The summed E-state index contributed by atoms with van der Waals surface area (Å²) in [5.74, 6) is -2.19. The van der Waals surface area contributed by atoms with Gasteiger partial charge in [0.2, 0.25) is 11.8 Å². The molecule has 16 heteroatoms. The Morgan fingerprint density at radius 2 is 1.80 bits per heavy atom. The molecule has 6 heterocycles. The minimum Gasteiger partial charge on any atom is -0.477 e. The molecule has 246 valence electrons. The van der Waals surface area contributed by atoms with Crippen LogP contribution in [0, 0.1) is 17.8 Å². The monoisotopic (exact) mass is 644 g/mol. The number of ketones is 1. The minimum absolute atomic E-state index is 0.0219. The number of tetrazole rings is 1. The number of amides is 2. The van der Waals surface area contributed by atoms with Crippen molar-refractivity contribution in [3.8, 4) is 0 Å². The lowest BCUT2D eigenvalue weighted by molar-refractivity contribution is -0.160. The second kappa shape index (κ2) is 13.8. The normalized spacial score (nSPS) is 30.0. The van der Waals surface area contributed by atoms with E-state index in [1.807, 2.05) is 18.7 Å². The molecule has 4 saturated heterocycles. The number of Topliss-reactive ketones (excluding diaryl/α,β-unsaturated/α-hetero) is 1. The van der Waals surface area contributed by atoms with Gasteiger partial charge in [-0.2, -0.15) is 0 Å². The highest BCUT2D eigenvalue weighted by atomic mass is 32.2. The van der Waals surface area contributed by atoms with E-state index in [2.05, 4.69) is 36.0 Å². The van der Waals surface area contributed by atoms with Crippen LogP contribution in [0.3, 0.4) is 0 Å². The van der Waals surface area contributed by atoms with E-state index in [4.69, 9.17) is 0 Å². The van der Waals surface area contributed by atoms with Gasteiger partial charge < -0.3 is 25.5 Å². The molecule has 1 aromatic heterocycles. The van der Waals surface area contributed by atoms with Gasteiger partial charge in [-0.25, -0.2) is 9.48 Å². The van der Waals surface area contributed by atoms with Crippen molar-refractivity contribution < 1.29 is 24.3 Å². The van der Waals surface area contributed by atoms with Crippen LogP contribution in [0.15, 0.2) is 16.9 Å². The summed E-state index contributed by atoms with van der Waals surface area (Å²) >= 11 is 1.49. The molecule has 5 aliphatic rings. The zero-order valence-corrected chi connectivity index (χ0v) is 26.8. The van der Waals surface area contributed by atoms with Gasteiger partial charge in [-0.15, -0.1) is 16.9 Å². The molecule has 6 rings (SSSR count). The summed E-state index contributed by atoms with van der Waals surface area (Å²) < 4.78 is 1.35. The van der Waals surface area contributed by atoms with Gasteiger partial charge in [-0.3, -0.25) is 24.2 Å². The number of hydrogen-bond acceptors (Lipinski definition) is 12. The van der Waals surface area contributed by atoms with Gasteiger partial charge in [0, 0.05) is 94.5 Å². The number of rotatable bonds is 12. The Hall–Kier alpha value is -2.92. The van der Waals surface area contributed by atoms with Crippen LogP contribution < -0.4 is 10.6 Å². The van der Waals surface area contributed by atoms with E-state index in [0.717, 1.165) is 65.4 Å². The second-order valence-electron chi connectivity index (χ2n) is 13.0. The van der Waals surface area contributed by atoms with E-state index in [0.29, 0.717) is 17.9 Å². The minimum atomic E-state index is -1.12. The maximum atomic E-state index is 13.4. The third-order valence-electron chi connectivity index (χ3n) is 9.99. The second-order valence-corrected chi connectivity index (χ2v) is 14.3. The van der Waals surface area contributed by atoms with Crippen molar-refractivity contribution in [1.82, 2.24) is 50.4 Å². The van der Waals surface area contributed by atoms with Crippen LogP contribution in [0.1, 0.15) is 26.7 Å². The molecule has 15 nitrogen and oxygen atoms in total. The zero-order valence-electron chi connectivity index (χ0n) is 26.0. The number of carboxylic acid groups (broad SMARTS) is 1. The maximum absolute atomic E-state index is 13.4. The lowest BCUT2D eigenvalue weighted by atomic mass is 9.73. The molecule has 4 fully saturated rings. The van der Waals surface area contributed by atoms with E-state index < -0.39 is 11.9 Å². The molecule has 5 aliphatic heterocycles. The zero-order chi connectivity index (χ0) is 31.7. The van der Waals surface area contributed by atoms with Crippen molar-refractivity contribution in [2.24, 2.45) is 17.8 Å². The fourth-order valence-electron chi connectivity index (χ4n) is 7.54. The Morgan fingerprint density at radius 1 is 1.09 bits per heavy atom. The van der Waals surface area contributed by atoms with Gasteiger partial charge in [0.05, 0.1) is 18.0 Å². The van der Waals surface area contributed by atoms with E-state index >= 15 is 0 Å².